The van der Waals surface area contributed by atoms with Crippen LogP contribution in [0.4, 0.5) is 0 Å². The van der Waals surface area contributed by atoms with Gasteiger partial charge in [-0.1, -0.05) is 12.6 Å². The summed E-state index contributed by atoms with van der Waals surface area (Å²) in [4.78, 5) is 0. The van der Waals surface area contributed by atoms with Crippen LogP contribution in [0.15, 0.2) is 0 Å². The number of hydrogen-bond donors (Lipinski definition) is 2. The fraction of sp³-hybridized carbons (Fsp3) is 0. The van der Waals surface area contributed by atoms with Gasteiger partial charge in [0.15, 0.2) is 0 Å². The summed E-state index contributed by atoms with van der Waals surface area (Å²) in [6.07, 6.45) is 0. The molecule has 0 aromatic rings. The third-order valence-corrected chi connectivity index (χ3v) is 0. The maximum absolute atomic E-state index is 7.65. The van der Waals surface area contributed by atoms with Crippen LogP contribution in [0.3, 0.4) is 0 Å². The van der Waals surface area contributed by atoms with Gasteiger partial charge >= 0.3 is 74.4 Å². The van der Waals surface area contributed by atoms with E-state index in [2.05, 4.69) is 24.8 Å². The van der Waals surface area contributed by atoms with Gasteiger partial charge in [0.05, 0.1) is 0 Å². The predicted molar refractivity (Wildman–Crippen MR) is 39.9 cm³/mol. The van der Waals surface area contributed by atoms with E-state index in [0.717, 1.165) is 0 Å². The molecule has 0 saturated heterocycles. The van der Waals surface area contributed by atoms with Crippen molar-refractivity contribution in [2.24, 2.45) is 0 Å². The van der Waals surface area contributed by atoms with E-state index in [0.29, 0.717) is 0 Å². The standard InChI is InChI=1S/CH2OS2.K.Mg.3H/c2-1(3)4;;;;;/h(H2,2,3,4);;;;;. The zero-order chi connectivity index (χ0) is 3.58. The molecule has 0 heterocycles. The van der Waals surface area contributed by atoms with Crippen molar-refractivity contribution < 1.29 is 5.11 Å². The van der Waals surface area contributed by atoms with Crippen molar-refractivity contribution in [3.8, 4) is 0 Å². The van der Waals surface area contributed by atoms with Crippen LogP contribution in [0.25, 0.3) is 0 Å². The van der Waals surface area contributed by atoms with Crippen molar-refractivity contribution in [3.63, 3.8) is 0 Å². The van der Waals surface area contributed by atoms with E-state index < -0.39 is 0 Å². The summed E-state index contributed by atoms with van der Waals surface area (Å²) >= 11 is 7.21. The molecule has 0 radical (unpaired) electrons. The molecule has 0 bridgehead atoms. The molecule has 5 heteroatoms. The first-order valence-corrected chi connectivity index (χ1v) is 1.51. The fourth-order valence-corrected chi connectivity index (χ4v) is 0. The predicted octanol–water partition coefficient (Wildman–Crippen LogP) is -0.806. The zero-order valence-corrected chi connectivity index (χ0v) is 3.51. The van der Waals surface area contributed by atoms with Crippen LogP contribution in [0.5, 0.6) is 0 Å². The fourth-order valence-electron chi connectivity index (χ4n) is 0. The van der Waals surface area contributed by atoms with Gasteiger partial charge in [-0.05, 0) is 12.2 Å². The Morgan fingerprint density at radius 2 is 1.67 bits per heavy atom. The van der Waals surface area contributed by atoms with E-state index in [1.54, 1.807) is 0 Å². The second-order valence-electron chi connectivity index (χ2n) is 0.283. The largest absolute Gasteiger partial charge is 0.316 e. The Morgan fingerprint density at radius 3 is 1.67 bits per heavy atom. The van der Waals surface area contributed by atoms with Gasteiger partial charge in [0.2, 0.25) is 4.38 Å². The SMILES string of the molecule is OC(=S)S.[KH].[MgH2]. The minimum absolute atomic E-state index is 0. The van der Waals surface area contributed by atoms with Crippen LogP contribution < -0.4 is 0 Å². The van der Waals surface area contributed by atoms with Crippen molar-refractivity contribution in [2.75, 3.05) is 0 Å². The van der Waals surface area contributed by atoms with Gasteiger partial charge in [0, 0.05) is 0 Å². The average Bonchev–Trinajstić information content (AvgIpc) is 0.811. The molecule has 0 fully saturated rings. The summed E-state index contributed by atoms with van der Waals surface area (Å²) in [6, 6.07) is 0. The molecule has 1 nitrogen and oxygen atoms in total. The topological polar surface area (TPSA) is 20.2 Å². The van der Waals surface area contributed by atoms with E-state index in [1.807, 2.05) is 0 Å². The molecule has 0 saturated carbocycles. The molecule has 0 amide bonds. The van der Waals surface area contributed by atoms with Crippen LogP contribution in [-0.4, -0.2) is 83.9 Å². The molecule has 30 valence electrons. The maximum atomic E-state index is 7.65. The van der Waals surface area contributed by atoms with Gasteiger partial charge in [0.25, 0.3) is 0 Å². The molecule has 6 heavy (non-hydrogen) atoms. The summed E-state index contributed by atoms with van der Waals surface area (Å²) in [5.41, 5.74) is 0. The Hall–Kier alpha value is 2.64. The molecule has 0 atom stereocenters. The normalized spacial score (nSPS) is 4.17. The minimum atomic E-state index is -0.306. The van der Waals surface area contributed by atoms with E-state index >= 15 is 0 Å². The molecule has 0 aliphatic carbocycles. The Labute approximate surface area is 106 Å². The Balaban J connectivity index is -0.0000000450. The van der Waals surface area contributed by atoms with Crippen molar-refractivity contribution >= 4 is 104 Å². The summed E-state index contributed by atoms with van der Waals surface area (Å²) in [5.74, 6) is 0. The Kier molecular flexibility index (Phi) is 28.0. The summed E-state index contributed by atoms with van der Waals surface area (Å²) in [6.45, 7) is 0. The molecular formula is CH5KMgOS2. The van der Waals surface area contributed by atoms with E-state index in [4.69, 9.17) is 5.11 Å². The van der Waals surface area contributed by atoms with Gasteiger partial charge in [-0.15, -0.1) is 0 Å². The van der Waals surface area contributed by atoms with Crippen LogP contribution in [0.1, 0.15) is 0 Å². The van der Waals surface area contributed by atoms with Gasteiger partial charge in [0.1, 0.15) is 0 Å². The number of thiocarbonyl (C=S) groups is 1. The van der Waals surface area contributed by atoms with Gasteiger partial charge in [-0.2, -0.15) is 0 Å². The minimum Gasteiger partial charge on any atom is 0.316 e. The molecule has 1 N–H and O–H groups in total. The van der Waals surface area contributed by atoms with Crippen molar-refractivity contribution in [1.29, 1.82) is 0 Å². The average molecular weight is 161 g/mol. The number of hydrogen-bond acceptors (Lipinski definition) is 1. The molecule has 0 aromatic heterocycles. The zero-order valence-electron chi connectivity index (χ0n) is 1.80. The molecule has 0 spiro atoms. The van der Waals surface area contributed by atoms with Crippen molar-refractivity contribution in [3.05, 3.63) is 0 Å². The van der Waals surface area contributed by atoms with Crippen LogP contribution in [0, 0.1) is 0 Å². The third-order valence-electron chi connectivity index (χ3n) is 0. The summed E-state index contributed by atoms with van der Waals surface area (Å²) in [7, 11) is 0. The first-order chi connectivity index (χ1) is 1.73. The summed E-state index contributed by atoms with van der Waals surface area (Å²) in [5, 5.41) is 7.65. The van der Waals surface area contributed by atoms with E-state index in [-0.39, 0.29) is 78.8 Å². The van der Waals surface area contributed by atoms with Crippen LogP contribution >= 0.6 is 24.8 Å². The smallest absolute Gasteiger partial charge is 0.316 e. The first kappa shape index (κ1) is 15.9. The first-order valence-electron chi connectivity index (χ1n) is 0.651. The van der Waals surface area contributed by atoms with E-state index in [1.165, 1.54) is 0 Å². The molecule has 0 rings (SSSR count). The van der Waals surface area contributed by atoms with Crippen molar-refractivity contribution in [1.82, 2.24) is 0 Å². The molecule has 0 aliphatic heterocycles. The van der Waals surface area contributed by atoms with Crippen LogP contribution in [0.2, 0.25) is 0 Å². The summed E-state index contributed by atoms with van der Waals surface area (Å²) < 4.78 is -0.306. The molecule has 0 unspecified atom stereocenters. The van der Waals surface area contributed by atoms with E-state index in [9.17, 15) is 0 Å². The Morgan fingerprint density at radius 1 is 1.67 bits per heavy atom. The monoisotopic (exact) mass is 160 g/mol. The molecule has 0 aliphatic rings. The van der Waals surface area contributed by atoms with Crippen molar-refractivity contribution in [2.45, 2.75) is 0 Å². The Bertz CT molecular complexity index is 36.5. The van der Waals surface area contributed by atoms with Gasteiger partial charge in [-0.25, -0.2) is 0 Å². The molecular weight excluding hydrogens is 156 g/mol. The maximum Gasteiger partial charge on any atom is 0.316 e. The quantitative estimate of drug-likeness (QED) is 0.275. The molecule has 0 aromatic carbocycles. The third kappa shape index (κ3) is 30.3. The number of aliphatic hydroxyl groups excluding tert-OH is 1. The second-order valence-corrected chi connectivity index (χ2v) is 1.40. The van der Waals surface area contributed by atoms with Crippen LogP contribution in [-0.2, 0) is 0 Å². The second kappa shape index (κ2) is 10.6. The number of aliphatic hydroxyl groups is 1. The van der Waals surface area contributed by atoms with Gasteiger partial charge < -0.3 is 5.11 Å². The number of thiol groups is 1. The van der Waals surface area contributed by atoms with Gasteiger partial charge in [-0.3, -0.25) is 0 Å². The number of rotatable bonds is 0.